The number of carbonyl (C=O) groups excluding carboxylic acids is 1. The Kier molecular flexibility index (Phi) is 4.65. The third-order valence-electron chi connectivity index (χ3n) is 4.02. The van der Waals surface area contributed by atoms with Crippen molar-refractivity contribution in [1.82, 2.24) is 9.88 Å². The molecule has 128 valence electrons. The Hall–Kier alpha value is -2.95. The Balaban J connectivity index is 1.88. The van der Waals surface area contributed by atoms with Gasteiger partial charge in [0.1, 0.15) is 18.2 Å². The van der Waals surface area contributed by atoms with Crippen molar-refractivity contribution in [2.75, 3.05) is 14.1 Å². The van der Waals surface area contributed by atoms with E-state index in [1.807, 2.05) is 13.0 Å². The lowest BCUT2D eigenvalue weighted by Gasteiger charge is -2.14. The molecule has 1 heterocycles. The van der Waals surface area contributed by atoms with Crippen LogP contribution in [0.5, 0.6) is 5.75 Å². The van der Waals surface area contributed by atoms with Crippen LogP contribution in [0.25, 0.3) is 10.9 Å². The van der Waals surface area contributed by atoms with Gasteiger partial charge in [0, 0.05) is 36.8 Å². The summed E-state index contributed by atoms with van der Waals surface area (Å²) in [5.74, 6) is 0.237. The highest BCUT2D eigenvalue weighted by Gasteiger charge is 2.12. The minimum atomic E-state index is -0.304. The molecule has 1 amide bonds. The summed E-state index contributed by atoms with van der Waals surface area (Å²) in [6, 6.07) is 11.9. The molecule has 5 heteroatoms. The maximum Gasteiger partial charge on any atom is 0.253 e. The number of nitrogens with zero attached hydrogens (tertiary/aromatic N) is 2. The van der Waals surface area contributed by atoms with Crippen LogP contribution in [0.15, 0.2) is 48.7 Å². The van der Waals surface area contributed by atoms with Crippen molar-refractivity contribution >= 4 is 16.8 Å². The zero-order valence-electron chi connectivity index (χ0n) is 14.4. The van der Waals surface area contributed by atoms with Gasteiger partial charge in [0.25, 0.3) is 5.91 Å². The topological polar surface area (TPSA) is 42.4 Å². The molecule has 3 rings (SSSR count). The van der Waals surface area contributed by atoms with E-state index in [0.29, 0.717) is 22.2 Å². The second-order valence-corrected chi connectivity index (χ2v) is 6.07. The quantitative estimate of drug-likeness (QED) is 0.723. The van der Waals surface area contributed by atoms with Crippen molar-refractivity contribution in [3.05, 3.63) is 71.2 Å². The number of aromatic nitrogens is 1. The molecule has 0 spiro atoms. The van der Waals surface area contributed by atoms with Crippen LogP contribution in [-0.2, 0) is 6.61 Å². The number of ether oxygens (including phenoxy) is 1. The molecule has 0 unspecified atom stereocenters. The van der Waals surface area contributed by atoms with Gasteiger partial charge in [-0.2, -0.15) is 0 Å². The number of carbonyl (C=O) groups is 1. The number of hydrogen-bond donors (Lipinski definition) is 0. The average molecular weight is 338 g/mol. The van der Waals surface area contributed by atoms with Gasteiger partial charge in [0.05, 0.1) is 5.52 Å². The summed E-state index contributed by atoms with van der Waals surface area (Å²) < 4.78 is 19.8. The lowest BCUT2D eigenvalue weighted by atomic mass is 10.1. The summed E-state index contributed by atoms with van der Waals surface area (Å²) in [5, 5.41) is 0.469. The molecule has 0 saturated heterocycles. The molecule has 0 radical (unpaired) electrons. The summed E-state index contributed by atoms with van der Waals surface area (Å²) in [6.07, 6.45) is 1.63. The number of amides is 1. The minimum absolute atomic E-state index is 0.0845. The van der Waals surface area contributed by atoms with Crippen molar-refractivity contribution in [2.45, 2.75) is 13.5 Å². The number of rotatable bonds is 4. The van der Waals surface area contributed by atoms with E-state index < -0.39 is 0 Å². The van der Waals surface area contributed by atoms with Gasteiger partial charge in [-0.1, -0.05) is 12.1 Å². The van der Waals surface area contributed by atoms with E-state index in [1.165, 1.54) is 11.0 Å². The van der Waals surface area contributed by atoms with Crippen LogP contribution in [0.4, 0.5) is 4.39 Å². The molecule has 0 aliphatic carbocycles. The standard InChI is InChI=1S/C20H19FN2O2/c1-13-6-7-14(20(24)23(2)3)11-18(13)25-12-15-8-9-17(21)16-5-4-10-22-19(15)16/h4-11H,12H2,1-3H3. The smallest absolute Gasteiger partial charge is 0.253 e. The molecule has 1 aromatic heterocycles. The molecule has 0 N–H and O–H groups in total. The average Bonchev–Trinajstić information content (AvgIpc) is 2.62. The zero-order valence-corrected chi connectivity index (χ0v) is 14.4. The van der Waals surface area contributed by atoms with Gasteiger partial charge in [-0.3, -0.25) is 9.78 Å². The number of hydrogen-bond acceptors (Lipinski definition) is 3. The Bertz CT molecular complexity index is 938. The van der Waals surface area contributed by atoms with Crippen molar-refractivity contribution in [1.29, 1.82) is 0 Å². The van der Waals surface area contributed by atoms with Gasteiger partial charge in [-0.15, -0.1) is 0 Å². The predicted molar refractivity (Wildman–Crippen MR) is 95.2 cm³/mol. The molecule has 0 bridgehead atoms. The van der Waals surface area contributed by atoms with E-state index in [4.69, 9.17) is 4.74 Å². The fourth-order valence-electron chi connectivity index (χ4n) is 2.62. The predicted octanol–water partition coefficient (Wildman–Crippen LogP) is 3.96. The monoisotopic (exact) mass is 338 g/mol. The first-order valence-electron chi connectivity index (χ1n) is 7.94. The lowest BCUT2D eigenvalue weighted by molar-refractivity contribution is 0.0827. The Morgan fingerprint density at radius 2 is 2.00 bits per heavy atom. The summed E-state index contributed by atoms with van der Waals surface area (Å²) in [7, 11) is 3.41. The summed E-state index contributed by atoms with van der Waals surface area (Å²) in [4.78, 5) is 17.9. The summed E-state index contributed by atoms with van der Waals surface area (Å²) >= 11 is 0. The fourth-order valence-corrected chi connectivity index (χ4v) is 2.62. The van der Waals surface area contributed by atoms with E-state index in [0.717, 1.165) is 11.1 Å². The van der Waals surface area contributed by atoms with E-state index in [1.54, 1.807) is 50.6 Å². The summed E-state index contributed by atoms with van der Waals surface area (Å²) in [5.41, 5.74) is 2.86. The number of pyridine rings is 1. The van der Waals surface area contributed by atoms with Crippen molar-refractivity contribution in [2.24, 2.45) is 0 Å². The van der Waals surface area contributed by atoms with Crippen LogP contribution in [0, 0.1) is 12.7 Å². The maximum absolute atomic E-state index is 13.9. The van der Waals surface area contributed by atoms with Crippen LogP contribution in [-0.4, -0.2) is 29.9 Å². The van der Waals surface area contributed by atoms with Gasteiger partial charge in [0.2, 0.25) is 0 Å². The molecular formula is C20H19FN2O2. The molecule has 0 saturated carbocycles. The van der Waals surface area contributed by atoms with Gasteiger partial charge >= 0.3 is 0 Å². The van der Waals surface area contributed by atoms with Crippen molar-refractivity contribution in [3.8, 4) is 5.75 Å². The SMILES string of the molecule is Cc1ccc(C(=O)N(C)C)cc1OCc1ccc(F)c2cccnc12. The van der Waals surface area contributed by atoms with Crippen molar-refractivity contribution < 1.29 is 13.9 Å². The van der Waals surface area contributed by atoms with E-state index in [9.17, 15) is 9.18 Å². The second kappa shape index (κ2) is 6.89. The molecule has 0 aliphatic heterocycles. The number of benzene rings is 2. The van der Waals surface area contributed by atoms with Crippen LogP contribution in [0.1, 0.15) is 21.5 Å². The first-order valence-corrected chi connectivity index (χ1v) is 7.94. The third-order valence-corrected chi connectivity index (χ3v) is 4.02. The maximum atomic E-state index is 13.9. The molecule has 0 atom stereocenters. The van der Waals surface area contributed by atoms with Gasteiger partial charge in [0.15, 0.2) is 0 Å². The van der Waals surface area contributed by atoms with Gasteiger partial charge in [-0.05, 0) is 42.8 Å². The van der Waals surface area contributed by atoms with E-state index in [2.05, 4.69) is 4.98 Å². The number of aryl methyl sites for hydroxylation is 1. The normalized spacial score (nSPS) is 10.7. The third kappa shape index (κ3) is 3.45. The second-order valence-electron chi connectivity index (χ2n) is 6.07. The highest BCUT2D eigenvalue weighted by atomic mass is 19.1. The first-order chi connectivity index (χ1) is 12.0. The van der Waals surface area contributed by atoms with Crippen LogP contribution >= 0.6 is 0 Å². The lowest BCUT2D eigenvalue weighted by Crippen LogP contribution is -2.21. The molecule has 3 aromatic rings. The zero-order chi connectivity index (χ0) is 18.0. The molecule has 4 nitrogen and oxygen atoms in total. The molecule has 0 fully saturated rings. The molecular weight excluding hydrogens is 319 g/mol. The highest BCUT2D eigenvalue weighted by molar-refractivity contribution is 5.94. The van der Waals surface area contributed by atoms with E-state index in [-0.39, 0.29) is 18.3 Å². The Morgan fingerprint density at radius 1 is 1.20 bits per heavy atom. The van der Waals surface area contributed by atoms with Crippen LogP contribution in [0.3, 0.4) is 0 Å². The molecule has 2 aromatic carbocycles. The van der Waals surface area contributed by atoms with Crippen LogP contribution < -0.4 is 4.74 Å². The number of fused-ring (bicyclic) bond motifs is 1. The fraction of sp³-hybridized carbons (Fsp3) is 0.200. The van der Waals surface area contributed by atoms with Crippen LogP contribution in [0.2, 0.25) is 0 Å². The number of halogens is 1. The Labute approximate surface area is 145 Å². The van der Waals surface area contributed by atoms with E-state index >= 15 is 0 Å². The first kappa shape index (κ1) is 16.9. The van der Waals surface area contributed by atoms with Gasteiger partial charge in [-0.25, -0.2) is 4.39 Å². The summed E-state index contributed by atoms with van der Waals surface area (Å²) in [6.45, 7) is 2.16. The minimum Gasteiger partial charge on any atom is -0.489 e. The van der Waals surface area contributed by atoms with Gasteiger partial charge < -0.3 is 9.64 Å². The van der Waals surface area contributed by atoms with Crippen molar-refractivity contribution in [3.63, 3.8) is 0 Å². The highest BCUT2D eigenvalue weighted by Crippen LogP contribution is 2.24. The molecule has 25 heavy (non-hydrogen) atoms. The molecule has 0 aliphatic rings. The Morgan fingerprint density at radius 3 is 2.76 bits per heavy atom. The largest absolute Gasteiger partial charge is 0.489 e.